The van der Waals surface area contributed by atoms with Crippen LogP contribution in [0.5, 0.6) is 0 Å². The summed E-state index contributed by atoms with van der Waals surface area (Å²) in [6, 6.07) is 0.279. The molecule has 1 aliphatic rings. The number of hydrogen-bond donors (Lipinski definition) is 1. The zero-order valence-electron chi connectivity index (χ0n) is 7.80. The molecule has 0 atom stereocenters. The molecule has 2 rings (SSSR count). The van der Waals surface area contributed by atoms with Crippen molar-refractivity contribution < 1.29 is 4.21 Å². The summed E-state index contributed by atoms with van der Waals surface area (Å²) in [5.74, 6) is 2.20. The molecule has 7 heteroatoms. The van der Waals surface area contributed by atoms with Crippen LogP contribution in [0, 0.1) is 0 Å². The van der Waals surface area contributed by atoms with Gasteiger partial charge >= 0.3 is 0 Å². The van der Waals surface area contributed by atoms with Crippen molar-refractivity contribution in [3.05, 3.63) is 5.82 Å². The van der Waals surface area contributed by atoms with E-state index in [9.17, 15) is 4.21 Å². The van der Waals surface area contributed by atoms with Crippen molar-refractivity contribution in [2.24, 2.45) is 5.73 Å². The Morgan fingerprint density at radius 2 is 2.21 bits per heavy atom. The Kier molecular flexibility index (Phi) is 2.87. The summed E-state index contributed by atoms with van der Waals surface area (Å²) in [6.07, 6.45) is 1.76. The Bertz CT molecular complexity index is 329. The van der Waals surface area contributed by atoms with E-state index in [2.05, 4.69) is 15.5 Å². The van der Waals surface area contributed by atoms with Gasteiger partial charge in [-0.05, 0) is 23.3 Å². The molecule has 1 aromatic rings. The largest absolute Gasteiger partial charge is 0.324 e. The van der Waals surface area contributed by atoms with Crippen LogP contribution in [0.3, 0.4) is 0 Å². The van der Waals surface area contributed by atoms with Crippen molar-refractivity contribution >= 4 is 10.8 Å². The van der Waals surface area contributed by atoms with Gasteiger partial charge in [0.1, 0.15) is 0 Å². The first-order chi connectivity index (χ1) is 6.81. The molecule has 2 N–H and O–H groups in total. The van der Waals surface area contributed by atoms with Crippen LogP contribution < -0.4 is 5.73 Å². The minimum Gasteiger partial charge on any atom is -0.324 e. The quantitative estimate of drug-likeness (QED) is 0.699. The first-order valence-electron chi connectivity index (χ1n) is 4.63. The zero-order chi connectivity index (χ0) is 9.97. The molecule has 0 aromatic carbocycles. The second-order valence-corrected chi connectivity index (χ2v) is 5.02. The van der Waals surface area contributed by atoms with Crippen molar-refractivity contribution in [3.63, 3.8) is 0 Å². The third-order valence-electron chi connectivity index (χ3n) is 2.45. The molecule has 1 aromatic heterocycles. The van der Waals surface area contributed by atoms with Crippen LogP contribution in [0.25, 0.3) is 0 Å². The summed E-state index contributed by atoms with van der Waals surface area (Å²) in [7, 11) is -0.644. The first-order valence-corrected chi connectivity index (χ1v) is 6.12. The summed E-state index contributed by atoms with van der Waals surface area (Å²) in [4.78, 5) is 0. The number of hydrogen-bond acceptors (Lipinski definition) is 5. The molecule has 0 amide bonds. The lowest BCUT2D eigenvalue weighted by Gasteiger charge is -2.21. The van der Waals surface area contributed by atoms with Crippen molar-refractivity contribution in [1.82, 2.24) is 20.2 Å². The molecule has 0 aliphatic carbocycles. The average Bonchev–Trinajstić information content (AvgIpc) is 2.67. The summed E-state index contributed by atoms with van der Waals surface area (Å²) < 4.78 is 12.9. The van der Waals surface area contributed by atoms with E-state index in [0.29, 0.717) is 12.4 Å². The number of nitrogens with two attached hydrogens (primary N) is 1. The second-order valence-electron chi connectivity index (χ2n) is 3.32. The molecule has 0 saturated carbocycles. The van der Waals surface area contributed by atoms with E-state index in [1.807, 2.05) is 0 Å². The summed E-state index contributed by atoms with van der Waals surface area (Å²) in [5, 5.41) is 11.3. The minimum atomic E-state index is -0.644. The molecule has 0 unspecified atom stereocenters. The number of nitrogens with zero attached hydrogens (tertiary/aromatic N) is 4. The van der Waals surface area contributed by atoms with Crippen LogP contribution in [-0.4, -0.2) is 35.9 Å². The second kappa shape index (κ2) is 4.14. The molecule has 0 bridgehead atoms. The minimum absolute atomic E-state index is 0.279. The maximum Gasteiger partial charge on any atom is 0.165 e. The predicted molar refractivity (Wildman–Crippen MR) is 51.9 cm³/mol. The highest BCUT2D eigenvalue weighted by Crippen LogP contribution is 2.21. The van der Waals surface area contributed by atoms with Crippen molar-refractivity contribution in [2.45, 2.75) is 25.4 Å². The van der Waals surface area contributed by atoms with Gasteiger partial charge in [-0.3, -0.25) is 4.21 Å². The van der Waals surface area contributed by atoms with Crippen LogP contribution in [0.2, 0.25) is 0 Å². The average molecular weight is 215 g/mol. The fourth-order valence-corrected chi connectivity index (χ4v) is 2.93. The Balaban J connectivity index is 2.11. The van der Waals surface area contributed by atoms with Gasteiger partial charge in [-0.1, -0.05) is 0 Å². The normalized spacial score (nSPS) is 27.8. The molecule has 6 nitrogen and oxygen atoms in total. The highest BCUT2D eigenvalue weighted by atomic mass is 32.2. The summed E-state index contributed by atoms with van der Waals surface area (Å²) in [5.41, 5.74) is 5.51. The predicted octanol–water partition coefficient (Wildman–Crippen LogP) is -0.785. The smallest absolute Gasteiger partial charge is 0.165 e. The molecule has 2 heterocycles. The van der Waals surface area contributed by atoms with Gasteiger partial charge < -0.3 is 5.73 Å². The number of tetrazole rings is 1. The first kappa shape index (κ1) is 9.72. The molecule has 1 fully saturated rings. The molecule has 14 heavy (non-hydrogen) atoms. The number of aromatic nitrogens is 4. The van der Waals surface area contributed by atoms with E-state index in [4.69, 9.17) is 5.73 Å². The van der Waals surface area contributed by atoms with Gasteiger partial charge in [0.25, 0.3) is 0 Å². The Morgan fingerprint density at radius 1 is 1.50 bits per heavy atom. The van der Waals surface area contributed by atoms with Gasteiger partial charge in [-0.25, -0.2) is 4.68 Å². The molecule has 1 aliphatic heterocycles. The molecule has 0 radical (unpaired) electrons. The highest BCUT2D eigenvalue weighted by Gasteiger charge is 2.22. The van der Waals surface area contributed by atoms with Gasteiger partial charge in [0.15, 0.2) is 5.82 Å². The lowest BCUT2D eigenvalue weighted by Crippen LogP contribution is -2.24. The fraction of sp³-hybridized carbons (Fsp3) is 0.857. The molecule has 0 spiro atoms. The molecular formula is C7H13N5OS. The van der Waals surface area contributed by atoms with Crippen molar-refractivity contribution in [3.8, 4) is 0 Å². The van der Waals surface area contributed by atoms with Gasteiger partial charge in [-0.2, -0.15) is 0 Å². The van der Waals surface area contributed by atoms with E-state index < -0.39 is 10.8 Å². The van der Waals surface area contributed by atoms with E-state index in [1.165, 1.54) is 0 Å². The monoisotopic (exact) mass is 215 g/mol. The van der Waals surface area contributed by atoms with E-state index >= 15 is 0 Å². The standard InChI is InChI=1S/C7H13N5OS/c8-5-7-9-10-11-12(7)6-1-3-14(13)4-2-6/h6H,1-5,8H2. The van der Waals surface area contributed by atoms with Gasteiger partial charge in [0, 0.05) is 22.3 Å². The SMILES string of the molecule is NCc1nnnn1C1CCS(=O)CC1. The Hall–Kier alpha value is -0.820. The maximum atomic E-state index is 11.2. The summed E-state index contributed by atoms with van der Waals surface area (Å²) >= 11 is 0. The number of rotatable bonds is 2. The summed E-state index contributed by atoms with van der Waals surface area (Å²) in [6.45, 7) is 0.354. The van der Waals surface area contributed by atoms with E-state index in [0.717, 1.165) is 24.3 Å². The van der Waals surface area contributed by atoms with Crippen LogP contribution in [0.1, 0.15) is 24.7 Å². The van der Waals surface area contributed by atoms with Crippen LogP contribution in [-0.2, 0) is 17.3 Å². The Labute approximate surface area is 84.3 Å². The van der Waals surface area contributed by atoms with E-state index in [1.54, 1.807) is 4.68 Å². The van der Waals surface area contributed by atoms with Crippen LogP contribution in [0.4, 0.5) is 0 Å². The van der Waals surface area contributed by atoms with Crippen molar-refractivity contribution in [2.75, 3.05) is 11.5 Å². The third kappa shape index (κ3) is 1.83. The lowest BCUT2D eigenvalue weighted by atomic mass is 10.1. The zero-order valence-corrected chi connectivity index (χ0v) is 8.61. The topological polar surface area (TPSA) is 86.7 Å². The lowest BCUT2D eigenvalue weighted by molar-refractivity contribution is 0.399. The Morgan fingerprint density at radius 3 is 2.86 bits per heavy atom. The maximum absolute atomic E-state index is 11.2. The fourth-order valence-electron chi connectivity index (χ4n) is 1.66. The molecule has 78 valence electrons. The molecule has 1 saturated heterocycles. The van der Waals surface area contributed by atoms with Gasteiger partial charge in [-0.15, -0.1) is 5.10 Å². The van der Waals surface area contributed by atoms with Crippen LogP contribution >= 0.6 is 0 Å². The van der Waals surface area contributed by atoms with E-state index in [-0.39, 0.29) is 6.04 Å². The highest BCUT2D eigenvalue weighted by molar-refractivity contribution is 7.85. The van der Waals surface area contributed by atoms with Gasteiger partial charge in [0.2, 0.25) is 0 Å². The molecular weight excluding hydrogens is 202 g/mol. The van der Waals surface area contributed by atoms with Crippen LogP contribution in [0.15, 0.2) is 0 Å². The van der Waals surface area contributed by atoms with Crippen molar-refractivity contribution in [1.29, 1.82) is 0 Å². The van der Waals surface area contributed by atoms with Gasteiger partial charge in [0.05, 0.1) is 12.6 Å². The third-order valence-corrected chi connectivity index (χ3v) is 3.83.